The average Bonchev–Trinajstić information content (AvgIpc) is 3.15. The molecule has 126 valence electrons. The van der Waals surface area contributed by atoms with Gasteiger partial charge in [0.05, 0.1) is 11.4 Å². The van der Waals surface area contributed by atoms with Crippen molar-refractivity contribution >= 4 is 28.8 Å². The fourth-order valence-electron chi connectivity index (χ4n) is 2.63. The molecular weight excluding hydrogens is 329 g/mol. The van der Waals surface area contributed by atoms with Crippen LogP contribution in [0.5, 0.6) is 0 Å². The summed E-state index contributed by atoms with van der Waals surface area (Å²) in [7, 11) is 0. The lowest BCUT2D eigenvalue weighted by Crippen LogP contribution is -2.51. The molecule has 0 saturated carbocycles. The molecule has 1 saturated heterocycles. The van der Waals surface area contributed by atoms with Gasteiger partial charge in [-0.25, -0.2) is 4.39 Å². The van der Waals surface area contributed by atoms with Gasteiger partial charge in [-0.2, -0.15) is 0 Å². The van der Waals surface area contributed by atoms with Gasteiger partial charge in [0.2, 0.25) is 5.91 Å². The van der Waals surface area contributed by atoms with Gasteiger partial charge in [-0.3, -0.25) is 9.59 Å². The van der Waals surface area contributed by atoms with Crippen LogP contribution in [-0.2, 0) is 4.79 Å². The molecule has 3 rings (SSSR count). The number of halogens is 1. The maximum atomic E-state index is 13.0. The lowest BCUT2D eigenvalue weighted by atomic mass is 10.2. The van der Waals surface area contributed by atoms with Crippen LogP contribution in [0.15, 0.2) is 41.8 Å². The molecule has 1 aliphatic rings. The molecule has 2 heterocycles. The molecule has 7 heteroatoms. The van der Waals surface area contributed by atoms with Gasteiger partial charge >= 0.3 is 0 Å². The molecule has 2 aromatic rings. The number of piperazine rings is 1. The second-order valence-electron chi connectivity index (χ2n) is 5.50. The number of hydrogen-bond donors (Lipinski definition) is 1. The highest BCUT2D eigenvalue weighted by molar-refractivity contribution is 7.12. The molecule has 0 atom stereocenters. The molecule has 1 aliphatic heterocycles. The fraction of sp³-hybridized carbons (Fsp3) is 0.294. The quantitative estimate of drug-likeness (QED) is 0.920. The highest BCUT2D eigenvalue weighted by Crippen LogP contribution is 2.17. The molecule has 0 bridgehead atoms. The van der Waals surface area contributed by atoms with Crippen molar-refractivity contribution in [1.29, 1.82) is 0 Å². The van der Waals surface area contributed by atoms with E-state index in [1.807, 2.05) is 5.38 Å². The van der Waals surface area contributed by atoms with Gasteiger partial charge in [0, 0.05) is 31.9 Å². The first-order chi connectivity index (χ1) is 11.6. The van der Waals surface area contributed by atoms with Crippen molar-refractivity contribution in [3.05, 3.63) is 52.5 Å². The fourth-order valence-corrected chi connectivity index (χ4v) is 3.27. The van der Waals surface area contributed by atoms with Gasteiger partial charge in [-0.15, -0.1) is 11.3 Å². The van der Waals surface area contributed by atoms with Gasteiger partial charge in [0.15, 0.2) is 0 Å². The van der Waals surface area contributed by atoms with E-state index in [1.165, 1.54) is 23.5 Å². The number of nitrogens with one attached hydrogen (secondary N) is 1. The lowest BCUT2D eigenvalue weighted by Gasteiger charge is -2.36. The largest absolute Gasteiger partial charge is 0.368 e. The summed E-state index contributed by atoms with van der Waals surface area (Å²) in [5.74, 6) is -0.559. The van der Waals surface area contributed by atoms with E-state index in [4.69, 9.17) is 0 Å². The number of hydrogen-bond acceptors (Lipinski definition) is 4. The van der Waals surface area contributed by atoms with Gasteiger partial charge in [0.1, 0.15) is 5.82 Å². The van der Waals surface area contributed by atoms with Crippen molar-refractivity contribution < 1.29 is 14.0 Å². The normalized spacial score (nSPS) is 14.5. The molecule has 1 aromatic carbocycles. The molecular formula is C17H18FN3O2S. The van der Waals surface area contributed by atoms with Crippen molar-refractivity contribution in [3.8, 4) is 0 Å². The van der Waals surface area contributed by atoms with E-state index in [0.717, 1.165) is 5.69 Å². The summed E-state index contributed by atoms with van der Waals surface area (Å²) < 4.78 is 13.0. The number of carbonyl (C=O) groups is 2. The van der Waals surface area contributed by atoms with E-state index >= 15 is 0 Å². The topological polar surface area (TPSA) is 52.7 Å². The number of anilines is 1. The zero-order chi connectivity index (χ0) is 16.9. The Morgan fingerprint density at radius 2 is 1.79 bits per heavy atom. The molecule has 1 fully saturated rings. The summed E-state index contributed by atoms with van der Waals surface area (Å²) in [6.07, 6.45) is 0. The van der Waals surface area contributed by atoms with E-state index in [9.17, 15) is 14.0 Å². The van der Waals surface area contributed by atoms with Crippen LogP contribution in [0.25, 0.3) is 0 Å². The summed E-state index contributed by atoms with van der Waals surface area (Å²) >= 11 is 1.35. The SMILES string of the molecule is O=C(NCC(=O)N1CCN(c2ccc(F)cc2)CC1)c1cccs1. The van der Waals surface area contributed by atoms with Crippen molar-refractivity contribution in [2.45, 2.75) is 0 Å². The monoisotopic (exact) mass is 347 g/mol. The highest BCUT2D eigenvalue weighted by atomic mass is 32.1. The molecule has 2 amide bonds. The predicted molar refractivity (Wildman–Crippen MR) is 91.8 cm³/mol. The number of thiophene rings is 1. The van der Waals surface area contributed by atoms with Gasteiger partial charge < -0.3 is 15.1 Å². The minimum absolute atomic E-state index is 0.00722. The molecule has 0 spiro atoms. The van der Waals surface area contributed by atoms with Crippen LogP contribution >= 0.6 is 11.3 Å². The summed E-state index contributed by atoms with van der Waals surface area (Å²) in [5.41, 5.74) is 0.953. The van der Waals surface area contributed by atoms with Gasteiger partial charge in [0.25, 0.3) is 5.91 Å². The Morgan fingerprint density at radius 3 is 2.42 bits per heavy atom. The van der Waals surface area contributed by atoms with Crippen LogP contribution in [0.3, 0.4) is 0 Å². The van der Waals surface area contributed by atoms with Crippen LogP contribution < -0.4 is 10.2 Å². The second-order valence-corrected chi connectivity index (χ2v) is 6.45. The molecule has 24 heavy (non-hydrogen) atoms. The van der Waals surface area contributed by atoms with Crippen LogP contribution in [0.4, 0.5) is 10.1 Å². The average molecular weight is 347 g/mol. The third kappa shape index (κ3) is 3.91. The zero-order valence-electron chi connectivity index (χ0n) is 13.1. The third-order valence-corrected chi connectivity index (χ3v) is 4.84. The maximum absolute atomic E-state index is 13.0. The van der Waals surface area contributed by atoms with Crippen LogP contribution in [0.1, 0.15) is 9.67 Å². The standard InChI is InChI=1S/C17H18FN3O2S/c18-13-3-5-14(6-4-13)20-7-9-21(10-8-20)16(22)12-19-17(23)15-2-1-11-24-15/h1-6,11H,7-10,12H2,(H,19,23). The van der Waals surface area contributed by atoms with E-state index < -0.39 is 0 Å². The summed E-state index contributed by atoms with van der Waals surface area (Å²) in [4.78, 5) is 28.5. The summed E-state index contributed by atoms with van der Waals surface area (Å²) in [6, 6.07) is 9.89. The number of amides is 2. The molecule has 1 N–H and O–H groups in total. The zero-order valence-corrected chi connectivity index (χ0v) is 13.9. The lowest BCUT2D eigenvalue weighted by molar-refractivity contribution is -0.130. The molecule has 0 unspecified atom stereocenters. The predicted octanol–water partition coefficient (Wildman–Crippen LogP) is 1.97. The van der Waals surface area contributed by atoms with Crippen LogP contribution in [0.2, 0.25) is 0 Å². The van der Waals surface area contributed by atoms with E-state index in [0.29, 0.717) is 31.1 Å². The first kappa shape index (κ1) is 16.4. The second kappa shape index (κ2) is 7.44. The minimum atomic E-state index is -0.256. The molecule has 5 nitrogen and oxygen atoms in total. The Balaban J connectivity index is 1.46. The van der Waals surface area contributed by atoms with Crippen molar-refractivity contribution in [3.63, 3.8) is 0 Å². The summed E-state index contributed by atoms with van der Waals surface area (Å²) in [6.45, 7) is 2.57. The van der Waals surface area contributed by atoms with Crippen LogP contribution in [0, 0.1) is 5.82 Å². The van der Waals surface area contributed by atoms with E-state index in [1.54, 1.807) is 29.2 Å². The third-order valence-electron chi connectivity index (χ3n) is 3.97. The number of nitrogens with zero attached hydrogens (tertiary/aromatic N) is 2. The molecule has 1 aromatic heterocycles. The van der Waals surface area contributed by atoms with E-state index in [-0.39, 0.29) is 24.2 Å². The Kier molecular flexibility index (Phi) is 5.10. The number of benzene rings is 1. The minimum Gasteiger partial charge on any atom is -0.368 e. The summed E-state index contributed by atoms with van der Waals surface area (Å²) in [5, 5.41) is 4.48. The Labute approximate surface area is 143 Å². The first-order valence-corrected chi connectivity index (χ1v) is 8.61. The van der Waals surface area contributed by atoms with Crippen LogP contribution in [-0.4, -0.2) is 49.4 Å². The van der Waals surface area contributed by atoms with Crippen molar-refractivity contribution in [1.82, 2.24) is 10.2 Å². The smallest absolute Gasteiger partial charge is 0.261 e. The Bertz CT molecular complexity index is 695. The number of carbonyl (C=O) groups excluding carboxylic acids is 2. The van der Waals surface area contributed by atoms with Crippen molar-refractivity contribution in [2.24, 2.45) is 0 Å². The first-order valence-electron chi connectivity index (χ1n) is 7.73. The van der Waals surface area contributed by atoms with Crippen molar-refractivity contribution in [2.75, 3.05) is 37.6 Å². The van der Waals surface area contributed by atoms with Gasteiger partial charge in [-0.1, -0.05) is 6.07 Å². The number of rotatable bonds is 4. The molecule has 0 radical (unpaired) electrons. The van der Waals surface area contributed by atoms with E-state index in [2.05, 4.69) is 10.2 Å². The Hall–Kier alpha value is -2.41. The molecule has 0 aliphatic carbocycles. The van der Waals surface area contributed by atoms with Gasteiger partial charge in [-0.05, 0) is 35.7 Å². The maximum Gasteiger partial charge on any atom is 0.261 e. The highest BCUT2D eigenvalue weighted by Gasteiger charge is 2.21. The Morgan fingerprint density at radius 1 is 1.08 bits per heavy atom.